The van der Waals surface area contributed by atoms with Crippen LogP contribution < -0.4 is 5.32 Å². The molecule has 23 heavy (non-hydrogen) atoms. The van der Waals surface area contributed by atoms with E-state index >= 15 is 0 Å². The minimum absolute atomic E-state index is 0.0983. The molecule has 6 heteroatoms. The highest BCUT2D eigenvalue weighted by Crippen LogP contribution is 2.22. The van der Waals surface area contributed by atoms with Crippen molar-refractivity contribution in [3.8, 4) is 0 Å². The highest BCUT2D eigenvalue weighted by molar-refractivity contribution is 7.99. The molecule has 1 N–H and O–H groups in total. The Hall–Kier alpha value is -1.30. The van der Waals surface area contributed by atoms with Crippen molar-refractivity contribution in [3.63, 3.8) is 0 Å². The van der Waals surface area contributed by atoms with Crippen molar-refractivity contribution in [2.45, 2.75) is 76.0 Å². The van der Waals surface area contributed by atoms with Crippen molar-refractivity contribution < 1.29 is 4.79 Å². The Bertz CT molecular complexity index is 519. The molecule has 0 radical (unpaired) electrons. The van der Waals surface area contributed by atoms with Gasteiger partial charge in [-0.25, -0.2) is 0 Å². The van der Waals surface area contributed by atoms with Crippen molar-refractivity contribution in [3.05, 3.63) is 18.5 Å². The standard InChI is InChI=1S/C17H28N4OS/c1-4-11-21-16(13(2)3)19-20-17(21)23-12-15(22)18-14-9-7-5-6-8-10-14/h4,13-14H,1,5-12H2,2-3H3,(H,18,22). The van der Waals surface area contributed by atoms with E-state index in [2.05, 4.69) is 35.9 Å². The Morgan fingerprint density at radius 2 is 2.04 bits per heavy atom. The van der Waals surface area contributed by atoms with Gasteiger partial charge in [0.25, 0.3) is 0 Å². The largest absolute Gasteiger partial charge is 0.353 e. The van der Waals surface area contributed by atoms with Gasteiger partial charge >= 0.3 is 0 Å². The Kier molecular flexibility index (Phi) is 7.15. The van der Waals surface area contributed by atoms with Crippen molar-refractivity contribution in [1.29, 1.82) is 0 Å². The van der Waals surface area contributed by atoms with Crippen LogP contribution in [0.15, 0.2) is 17.8 Å². The number of hydrogen-bond acceptors (Lipinski definition) is 4. The lowest BCUT2D eigenvalue weighted by molar-refractivity contribution is -0.119. The number of hydrogen-bond donors (Lipinski definition) is 1. The lowest BCUT2D eigenvalue weighted by Crippen LogP contribution is -2.35. The van der Waals surface area contributed by atoms with Crippen LogP contribution in [0.1, 0.15) is 64.1 Å². The van der Waals surface area contributed by atoms with Gasteiger partial charge in [-0.05, 0) is 12.8 Å². The van der Waals surface area contributed by atoms with Crippen molar-refractivity contribution in [2.24, 2.45) is 0 Å². The molecule has 0 saturated heterocycles. The molecular weight excluding hydrogens is 308 g/mol. The first-order valence-corrected chi connectivity index (χ1v) is 9.56. The lowest BCUT2D eigenvalue weighted by Gasteiger charge is -2.16. The Labute approximate surface area is 143 Å². The summed E-state index contributed by atoms with van der Waals surface area (Å²) in [5.74, 6) is 1.73. The third-order valence-corrected chi connectivity index (χ3v) is 5.09. The molecule has 0 aromatic carbocycles. The maximum Gasteiger partial charge on any atom is 0.230 e. The van der Waals surface area contributed by atoms with Gasteiger partial charge in [-0.2, -0.15) is 0 Å². The maximum atomic E-state index is 12.2. The zero-order chi connectivity index (χ0) is 16.7. The summed E-state index contributed by atoms with van der Waals surface area (Å²) in [6.07, 6.45) is 9.10. The first-order valence-electron chi connectivity index (χ1n) is 8.58. The lowest BCUT2D eigenvalue weighted by atomic mass is 10.1. The summed E-state index contributed by atoms with van der Waals surface area (Å²) < 4.78 is 2.04. The van der Waals surface area contributed by atoms with Crippen LogP contribution in [0.2, 0.25) is 0 Å². The molecule has 1 saturated carbocycles. The number of allylic oxidation sites excluding steroid dienone is 1. The van der Waals surface area contributed by atoms with Gasteiger partial charge in [-0.15, -0.1) is 16.8 Å². The summed E-state index contributed by atoms with van der Waals surface area (Å²) in [6.45, 7) is 8.66. The fourth-order valence-corrected chi connectivity index (χ4v) is 3.72. The minimum atomic E-state index is 0.0983. The summed E-state index contributed by atoms with van der Waals surface area (Å²) in [4.78, 5) is 12.2. The first kappa shape index (κ1) is 18.0. The normalized spacial score (nSPS) is 16.3. The van der Waals surface area contributed by atoms with Gasteiger partial charge in [0.1, 0.15) is 5.82 Å². The zero-order valence-corrected chi connectivity index (χ0v) is 15.1. The van der Waals surface area contributed by atoms with Gasteiger partial charge in [0.2, 0.25) is 5.91 Å². The van der Waals surface area contributed by atoms with Crippen molar-refractivity contribution in [2.75, 3.05) is 5.75 Å². The van der Waals surface area contributed by atoms with Crippen LogP contribution in [-0.2, 0) is 11.3 Å². The molecule has 128 valence electrons. The monoisotopic (exact) mass is 336 g/mol. The predicted octanol–water partition coefficient (Wildman–Crippen LogP) is 3.52. The van der Waals surface area contributed by atoms with E-state index in [1.165, 1.54) is 37.4 Å². The number of rotatable bonds is 7. The van der Waals surface area contributed by atoms with E-state index in [0.29, 0.717) is 24.3 Å². The third kappa shape index (κ3) is 5.37. The molecule has 1 amide bonds. The maximum absolute atomic E-state index is 12.2. The summed E-state index contributed by atoms with van der Waals surface area (Å²) in [5, 5.41) is 12.5. The van der Waals surface area contributed by atoms with Crippen LogP contribution in [0.25, 0.3) is 0 Å². The number of carbonyl (C=O) groups excluding carboxylic acids is 1. The smallest absolute Gasteiger partial charge is 0.230 e. The van der Waals surface area contributed by atoms with Crippen LogP contribution in [-0.4, -0.2) is 32.5 Å². The van der Waals surface area contributed by atoms with Crippen molar-refractivity contribution in [1.82, 2.24) is 20.1 Å². The summed E-state index contributed by atoms with van der Waals surface area (Å²) in [6, 6.07) is 0.350. The van der Waals surface area contributed by atoms with E-state index in [1.54, 1.807) is 0 Å². The topological polar surface area (TPSA) is 59.8 Å². The van der Waals surface area contributed by atoms with Gasteiger partial charge in [-0.3, -0.25) is 4.79 Å². The third-order valence-electron chi connectivity index (χ3n) is 4.13. The molecule has 1 heterocycles. The van der Waals surface area contributed by atoms with E-state index in [-0.39, 0.29) is 5.91 Å². The predicted molar refractivity (Wildman–Crippen MR) is 94.7 cm³/mol. The summed E-state index contributed by atoms with van der Waals surface area (Å²) in [7, 11) is 0. The second kappa shape index (κ2) is 9.11. The van der Waals surface area contributed by atoms with E-state index in [0.717, 1.165) is 23.8 Å². The van der Waals surface area contributed by atoms with E-state index in [1.807, 2.05) is 10.6 Å². The fourth-order valence-electron chi connectivity index (χ4n) is 2.96. The fraction of sp³-hybridized carbons (Fsp3) is 0.706. The molecule has 0 spiro atoms. The SMILES string of the molecule is C=CCn1c(SCC(=O)NC2CCCCCC2)nnc1C(C)C. The molecule has 1 aromatic rings. The number of thioether (sulfide) groups is 1. The zero-order valence-electron chi connectivity index (χ0n) is 14.3. The van der Waals surface area contributed by atoms with Gasteiger partial charge in [-0.1, -0.05) is 57.4 Å². The van der Waals surface area contributed by atoms with E-state index in [9.17, 15) is 4.79 Å². The average molecular weight is 337 g/mol. The molecule has 1 aliphatic carbocycles. The Balaban J connectivity index is 1.89. The van der Waals surface area contributed by atoms with Crippen LogP contribution in [0.3, 0.4) is 0 Å². The quantitative estimate of drug-likeness (QED) is 0.470. The molecule has 1 aliphatic rings. The molecule has 0 atom stereocenters. The van der Waals surface area contributed by atoms with Gasteiger partial charge in [0, 0.05) is 18.5 Å². The second-order valence-corrected chi connectivity index (χ2v) is 7.38. The minimum Gasteiger partial charge on any atom is -0.353 e. The molecule has 0 aliphatic heterocycles. The highest BCUT2D eigenvalue weighted by Gasteiger charge is 2.18. The summed E-state index contributed by atoms with van der Waals surface area (Å²) in [5.41, 5.74) is 0. The Morgan fingerprint density at radius 3 is 2.65 bits per heavy atom. The average Bonchev–Trinajstić information content (AvgIpc) is 2.74. The van der Waals surface area contributed by atoms with Crippen LogP contribution >= 0.6 is 11.8 Å². The number of nitrogens with one attached hydrogen (secondary N) is 1. The molecule has 0 bridgehead atoms. The molecular formula is C17H28N4OS. The van der Waals surface area contributed by atoms with E-state index < -0.39 is 0 Å². The molecule has 1 fully saturated rings. The van der Waals surface area contributed by atoms with Crippen LogP contribution in [0, 0.1) is 0 Å². The number of nitrogens with zero attached hydrogens (tertiary/aromatic N) is 3. The van der Waals surface area contributed by atoms with Crippen molar-refractivity contribution >= 4 is 17.7 Å². The van der Waals surface area contributed by atoms with Gasteiger partial charge in [0.05, 0.1) is 5.75 Å². The number of amides is 1. The number of carbonyl (C=O) groups is 1. The second-order valence-electron chi connectivity index (χ2n) is 6.44. The highest BCUT2D eigenvalue weighted by atomic mass is 32.2. The Morgan fingerprint density at radius 1 is 1.35 bits per heavy atom. The number of aromatic nitrogens is 3. The summed E-state index contributed by atoms with van der Waals surface area (Å²) >= 11 is 1.46. The first-order chi connectivity index (χ1) is 11.1. The molecule has 2 rings (SSSR count). The van der Waals surface area contributed by atoms with Gasteiger partial charge < -0.3 is 9.88 Å². The van der Waals surface area contributed by atoms with Crippen LogP contribution in [0.5, 0.6) is 0 Å². The molecule has 1 aromatic heterocycles. The van der Waals surface area contributed by atoms with Gasteiger partial charge in [0.15, 0.2) is 5.16 Å². The molecule has 5 nitrogen and oxygen atoms in total. The van der Waals surface area contributed by atoms with E-state index in [4.69, 9.17) is 0 Å². The van der Waals surface area contributed by atoms with Crippen LogP contribution in [0.4, 0.5) is 0 Å². The molecule has 0 unspecified atom stereocenters.